The summed E-state index contributed by atoms with van der Waals surface area (Å²) >= 11 is 0. The SMILES string of the molecule is CC(C)N(C(=O)[C@H](C)OC(=O)c1cc(-c2ccccc2)n[nH]1)C(C)C. The molecule has 1 heterocycles. The number of aromatic nitrogens is 2. The fourth-order valence-electron chi connectivity index (χ4n) is 2.77. The number of carbonyl (C=O) groups is 2. The third kappa shape index (κ3) is 4.47. The lowest BCUT2D eigenvalue weighted by atomic mass is 10.1. The van der Waals surface area contributed by atoms with E-state index in [0.29, 0.717) is 5.69 Å². The molecule has 0 spiro atoms. The molecule has 0 radical (unpaired) electrons. The molecule has 0 saturated carbocycles. The van der Waals surface area contributed by atoms with Crippen molar-refractivity contribution in [1.29, 1.82) is 0 Å². The van der Waals surface area contributed by atoms with Crippen LogP contribution in [0, 0.1) is 0 Å². The van der Waals surface area contributed by atoms with Gasteiger partial charge in [0.25, 0.3) is 5.91 Å². The van der Waals surface area contributed by atoms with Crippen molar-refractivity contribution in [2.75, 3.05) is 0 Å². The van der Waals surface area contributed by atoms with Gasteiger partial charge in [0.05, 0.1) is 5.69 Å². The molecule has 1 aromatic carbocycles. The van der Waals surface area contributed by atoms with Crippen LogP contribution in [-0.4, -0.2) is 45.2 Å². The molecule has 2 aromatic rings. The van der Waals surface area contributed by atoms with Gasteiger partial charge in [0.15, 0.2) is 6.10 Å². The maximum Gasteiger partial charge on any atom is 0.357 e. The maximum absolute atomic E-state index is 12.5. The molecular weight excluding hydrogens is 318 g/mol. The molecule has 0 aliphatic heterocycles. The number of benzene rings is 1. The summed E-state index contributed by atoms with van der Waals surface area (Å²) < 4.78 is 5.33. The van der Waals surface area contributed by atoms with Gasteiger partial charge in [-0.15, -0.1) is 0 Å². The number of amides is 1. The maximum atomic E-state index is 12.5. The summed E-state index contributed by atoms with van der Waals surface area (Å²) in [5.74, 6) is -0.802. The van der Waals surface area contributed by atoms with Crippen molar-refractivity contribution in [1.82, 2.24) is 15.1 Å². The second kappa shape index (κ2) is 7.96. The molecule has 1 aromatic heterocycles. The minimum atomic E-state index is -0.860. The van der Waals surface area contributed by atoms with Gasteiger partial charge in [-0.25, -0.2) is 4.79 Å². The molecule has 0 unspecified atom stereocenters. The molecule has 2 rings (SSSR count). The Balaban J connectivity index is 2.07. The Morgan fingerprint density at radius 2 is 1.64 bits per heavy atom. The average molecular weight is 343 g/mol. The van der Waals surface area contributed by atoms with Crippen LogP contribution in [0.2, 0.25) is 0 Å². The van der Waals surface area contributed by atoms with Gasteiger partial charge in [-0.3, -0.25) is 9.89 Å². The number of nitrogens with zero attached hydrogens (tertiary/aromatic N) is 2. The van der Waals surface area contributed by atoms with Crippen LogP contribution >= 0.6 is 0 Å². The predicted octanol–water partition coefficient (Wildman–Crippen LogP) is 3.27. The molecule has 0 aliphatic carbocycles. The van der Waals surface area contributed by atoms with E-state index in [9.17, 15) is 9.59 Å². The van der Waals surface area contributed by atoms with Crippen LogP contribution in [-0.2, 0) is 9.53 Å². The Morgan fingerprint density at radius 3 is 2.20 bits per heavy atom. The molecule has 0 fully saturated rings. The lowest BCUT2D eigenvalue weighted by molar-refractivity contribution is -0.143. The van der Waals surface area contributed by atoms with Crippen molar-refractivity contribution in [3.63, 3.8) is 0 Å². The molecule has 0 aliphatic rings. The minimum absolute atomic E-state index is 0.0329. The van der Waals surface area contributed by atoms with Crippen molar-refractivity contribution in [2.24, 2.45) is 0 Å². The summed E-state index contributed by atoms with van der Waals surface area (Å²) in [6.45, 7) is 9.34. The monoisotopic (exact) mass is 343 g/mol. The Morgan fingerprint density at radius 1 is 1.04 bits per heavy atom. The van der Waals surface area contributed by atoms with E-state index < -0.39 is 12.1 Å². The Kier molecular flexibility index (Phi) is 5.96. The number of carbonyl (C=O) groups excluding carboxylic acids is 2. The van der Waals surface area contributed by atoms with Gasteiger partial charge in [0, 0.05) is 17.6 Å². The number of esters is 1. The third-order valence-electron chi connectivity index (χ3n) is 3.87. The van der Waals surface area contributed by atoms with Crippen molar-refractivity contribution in [2.45, 2.75) is 52.8 Å². The Hall–Kier alpha value is -2.63. The van der Waals surface area contributed by atoms with Crippen LogP contribution in [0.4, 0.5) is 0 Å². The van der Waals surface area contributed by atoms with E-state index in [1.165, 1.54) is 0 Å². The first-order chi connectivity index (χ1) is 11.8. The van der Waals surface area contributed by atoms with Gasteiger partial charge >= 0.3 is 5.97 Å². The number of ether oxygens (including phenoxy) is 1. The largest absolute Gasteiger partial charge is 0.448 e. The first-order valence-corrected chi connectivity index (χ1v) is 8.45. The van der Waals surface area contributed by atoms with Gasteiger partial charge in [-0.2, -0.15) is 5.10 Å². The third-order valence-corrected chi connectivity index (χ3v) is 3.87. The summed E-state index contributed by atoms with van der Waals surface area (Å²) in [6, 6.07) is 11.2. The summed E-state index contributed by atoms with van der Waals surface area (Å²) in [4.78, 5) is 26.6. The van der Waals surface area contributed by atoms with Crippen LogP contribution < -0.4 is 0 Å². The van der Waals surface area contributed by atoms with Gasteiger partial charge in [0.2, 0.25) is 0 Å². The molecule has 6 nitrogen and oxygen atoms in total. The highest BCUT2D eigenvalue weighted by Gasteiger charge is 2.28. The number of hydrogen-bond donors (Lipinski definition) is 1. The second-order valence-electron chi connectivity index (χ2n) is 6.51. The summed E-state index contributed by atoms with van der Waals surface area (Å²) in [5.41, 5.74) is 1.77. The molecule has 25 heavy (non-hydrogen) atoms. The molecule has 134 valence electrons. The fourth-order valence-corrected chi connectivity index (χ4v) is 2.77. The van der Waals surface area contributed by atoms with E-state index in [1.807, 2.05) is 58.0 Å². The minimum Gasteiger partial charge on any atom is -0.448 e. The zero-order valence-electron chi connectivity index (χ0n) is 15.3. The van der Waals surface area contributed by atoms with Crippen LogP contribution in [0.3, 0.4) is 0 Å². The number of hydrogen-bond acceptors (Lipinski definition) is 4. The van der Waals surface area contributed by atoms with Crippen molar-refractivity contribution >= 4 is 11.9 Å². The van der Waals surface area contributed by atoms with Gasteiger partial charge in [0.1, 0.15) is 5.69 Å². The van der Waals surface area contributed by atoms with Crippen LogP contribution in [0.15, 0.2) is 36.4 Å². The van der Waals surface area contributed by atoms with E-state index in [2.05, 4.69) is 10.2 Å². The van der Waals surface area contributed by atoms with Crippen LogP contribution in [0.1, 0.15) is 45.1 Å². The summed E-state index contributed by atoms with van der Waals surface area (Å²) in [7, 11) is 0. The Bertz CT molecular complexity index is 715. The van der Waals surface area contributed by atoms with Gasteiger partial charge < -0.3 is 9.64 Å². The van der Waals surface area contributed by atoms with Gasteiger partial charge in [-0.05, 0) is 40.7 Å². The van der Waals surface area contributed by atoms with E-state index >= 15 is 0 Å². The van der Waals surface area contributed by atoms with Crippen LogP contribution in [0.25, 0.3) is 11.3 Å². The molecule has 1 amide bonds. The van der Waals surface area contributed by atoms with Crippen molar-refractivity contribution in [3.05, 3.63) is 42.1 Å². The number of aromatic amines is 1. The number of H-pyrrole nitrogens is 1. The summed E-state index contributed by atoms with van der Waals surface area (Å²) in [5, 5.41) is 6.80. The van der Waals surface area contributed by atoms with E-state index in [1.54, 1.807) is 17.9 Å². The molecule has 0 saturated heterocycles. The highest BCUT2D eigenvalue weighted by molar-refractivity contribution is 5.91. The molecule has 0 bridgehead atoms. The molecule has 1 atom stereocenters. The number of rotatable bonds is 6. The lowest BCUT2D eigenvalue weighted by Gasteiger charge is -2.32. The normalized spacial score (nSPS) is 12.3. The lowest BCUT2D eigenvalue weighted by Crippen LogP contribution is -2.47. The predicted molar refractivity (Wildman–Crippen MR) is 96.0 cm³/mol. The smallest absolute Gasteiger partial charge is 0.357 e. The van der Waals surface area contributed by atoms with Gasteiger partial charge in [-0.1, -0.05) is 30.3 Å². The first kappa shape index (κ1) is 18.7. The van der Waals surface area contributed by atoms with Crippen molar-refractivity contribution in [3.8, 4) is 11.3 Å². The summed E-state index contributed by atoms with van der Waals surface area (Å²) in [6.07, 6.45) is -0.860. The highest BCUT2D eigenvalue weighted by Crippen LogP contribution is 2.18. The highest BCUT2D eigenvalue weighted by atomic mass is 16.5. The molecular formula is C19H25N3O3. The molecule has 6 heteroatoms. The number of nitrogens with one attached hydrogen (secondary N) is 1. The van der Waals surface area contributed by atoms with E-state index in [4.69, 9.17) is 4.74 Å². The zero-order chi connectivity index (χ0) is 18.6. The van der Waals surface area contributed by atoms with E-state index in [-0.39, 0.29) is 23.7 Å². The average Bonchev–Trinajstić information content (AvgIpc) is 3.05. The molecule has 1 N–H and O–H groups in total. The topological polar surface area (TPSA) is 75.3 Å². The first-order valence-electron chi connectivity index (χ1n) is 8.45. The van der Waals surface area contributed by atoms with Crippen LogP contribution in [0.5, 0.6) is 0 Å². The zero-order valence-corrected chi connectivity index (χ0v) is 15.3. The fraction of sp³-hybridized carbons (Fsp3) is 0.421. The Labute approximate surface area is 148 Å². The quantitative estimate of drug-likeness (QED) is 0.817. The second-order valence-corrected chi connectivity index (χ2v) is 6.51. The standard InChI is InChI=1S/C19H25N3O3/c1-12(2)22(13(3)4)18(23)14(5)25-19(24)17-11-16(20-21-17)15-9-7-6-8-10-15/h6-14H,1-5H3,(H,20,21)/t14-/m0/s1. The van der Waals surface area contributed by atoms with Crippen molar-refractivity contribution < 1.29 is 14.3 Å². The van der Waals surface area contributed by atoms with E-state index in [0.717, 1.165) is 5.56 Å².